The maximum atomic E-state index is 13.3. The molecule has 36 heavy (non-hydrogen) atoms. The van der Waals surface area contributed by atoms with E-state index in [-0.39, 0.29) is 16.6 Å². The van der Waals surface area contributed by atoms with Gasteiger partial charge in [0.15, 0.2) is 0 Å². The molecule has 0 atom stereocenters. The van der Waals surface area contributed by atoms with Crippen LogP contribution in [-0.4, -0.2) is 42.2 Å². The molecule has 0 unspecified atom stereocenters. The number of nitrogens with zero attached hydrogens (tertiary/aromatic N) is 3. The molecule has 0 radical (unpaired) electrons. The Balaban J connectivity index is 1.57. The van der Waals surface area contributed by atoms with Crippen molar-refractivity contribution in [3.8, 4) is 11.6 Å². The molecule has 2 heterocycles. The molecular weight excluding hydrogens is 471 g/mol. The Morgan fingerprint density at radius 2 is 1.58 bits per heavy atom. The maximum absolute atomic E-state index is 13.3. The number of morpholine rings is 1. The monoisotopic (exact) mass is 493 g/mol. The Hall–Kier alpha value is -4.11. The predicted octanol–water partition coefficient (Wildman–Crippen LogP) is 5.30. The molecular formula is C27H22F3N3O3. The van der Waals surface area contributed by atoms with Crippen LogP contribution in [0.4, 0.5) is 24.5 Å². The van der Waals surface area contributed by atoms with E-state index in [9.17, 15) is 23.1 Å². The molecule has 1 aliphatic rings. The molecule has 5 rings (SSSR count). The second-order valence-electron chi connectivity index (χ2n) is 8.35. The summed E-state index contributed by atoms with van der Waals surface area (Å²) in [5.41, 5.74) is 0.239. The van der Waals surface area contributed by atoms with Crippen LogP contribution in [0.5, 0.6) is 5.88 Å². The normalized spacial score (nSPS) is 14.6. The van der Waals surface area contributed by atoms with Gasteiger partial charge in [0.2, 0.25) is 5.88 Å². The van der Waals surface area contributed by atoms with Gasteiger partial charge in [0, 0.05) is 35.8 Å². The highest BCUT2D eigenvalue weighted by molar-refractivity contribution is 6.02. The van der Waals surface area contributed by atoms with E-state index in [0.29, 0.717) is 24.3 Å². The van der Waals surface area contributed by atoms with Crippen molar-refractivity contribution in [1.29, 1.82) is 0 Å². The van der Waals surface area contributed by atoms with Crippen LogP contribution in [0.15, 0.2) is 82.6 Å². The zero-order chi connectivity index (χ0) is 25.3. The van der Waals surface area contributed by atoms with Crippen LogP contribution in [0, 0.1) is 0 Å². The lowest BCUT2D eigenvalue weighted by Crippen LogP contribution is -2.36. The van der Waals surface area contributed by atoms with E-state index < -0.39 is 23.2 Å². The van der Waals surface area contributed by atoms with E-state index >= 15 is 0 Å². The van der Waals surface area contributed by atoms with Gasteiger partial charge in [-0.1, -0.05) is 24.3 Å². The lowest BCUT2D eigenvalue weighted by molar-refractivity contribution is -0.137. The zero-order valence-corrected chi connectivity index (χ0v) is 19.1. The topological polar surface area (TPSA) is 67.1 Å². The summed E-state index contributed by atoms with van der Waals surface area (Å²) in [5.74, 6) is -0.494. The Kier molecular flexibility index (Phi) is 6.24. The number of fused-ring (bicyclic) bond motifs is 1. The third-order valence-corrected chi connectivity index (χ3v) is 6.10. The van der Waals surface area contributed by atoms with Crippen LogP contribution in [0.2, 0.25) is 0 Å². The number of anilines is 1. The van der Waals surface area contributed by atoms with Gasteiger partial charge in [-0.3, -0.25) is 9.79 Å². The first kappa shape index (κ1) is 23.6. The summed E-state index contributed by atoms with van der Waals surface area (Å²) >= 11 is 0. The number of rotatable bonds is 4. The number of aromatic nitrogens is 1. The Morgan fingerprint density at radius 3 is 2.28 bits per heavy atom. The Morgan fingerprint density at radius 1 is 0.889 bits per heavy atom. The highest BCUT2D eigenvalue weighted by Gasteiger charge is 2.31. The molecule has 0 bridgehead atoms. The van der Waals surface area contributed by atoms with E-state index in [2.05, 4.69) is 9.89 Å². The quantitative estimate of drug-likeness (QED) is 0.392. The maximum Gasteiger partial charge on any atom is 0.416 e. The van der Waals surface area contributed by atoms with Gasteiger partial charge in [-0.05, 0) is 48.5 Å². The van der Waals surface area contributed by atoms with Gasteiger partial charge in [0.25, 0.3) is 5.56 Å². The molecule has 0 spiro atoms. The van der Waals surface area contributed by atoms with E-state index in [0.717, 1.165) is 35.5 Å². The number of halogens is 3. The Labute approximate surface area is 204 Å². The number of alkyl halides is 3. The first-order chi connectivity index (χ1) is 17.3. The number of pyridine rings is 1. The van der Waals surface area contributed by atoms with E-state index in [1.54, 1.807) is 24.3 Å². The van der Waals surface area contributed by atoms with E-state index in [1.165, 1.54) is 18.3 Å². The van der Waals surface area contributed by atoms with Crippen molar-refractivity contribution in [2.24, 2.45) is 4.99 Å². The van der Waals surface area contributed by atoms with Crippen LogP contribution in [0.3, 0.4) is 0 Å². The van der Waals surface area contributed by atoms with Gasteiger partial charge in [0.05, 0.1) is 35.7 Å². The summed E-state index contributed by atoms with van der Waals surface area (Å²) in [6.07, 6.45) is -3.17. The molecule has 9 heteroatoms. The highest BCUT2D eigenvalue weighted by atomic mass is 19.4. The number of hydrogen-bond acceptors (Lipinski definition) is 5. The second-order valence-corrected chi connectivity index (χ2v) is 8.35. The fraction of sp³-hybridized carbons (Fsp3) is 0.185. The van der Waals surface area contributed by atoms with Crippen molar-refractivity contribution < 1.29 is 23.0 Å². The average molecular weight is 493 g/mol. The van der Waals surface area contributed by atoms with Gasteiger partial charge in [-0.2, -0.15) is 13.2 Å². The summed E-state index contributed by atoms with van der Waals surface area (Å²) in [4.78, 5) is 19.9. The zero-order valence-electron chi connectivity index (χ0n) is 19.1. The molecule has 184 valence electrons. The molecule has 1 N–H and O–H groups in total. The molecule has 1 fully saturated rings. The molecule has 0 aliphatic carbocycles. The first-order valence-corrected chi connectivity index (χ1v) is 11.3. The fourth-order valence-corrected chi connectivity index (χ4v) is 4.26. The smallest absolute Gasteiger partial charge is 0.416 e. The van der Waals surface area contributed by atoms with Crippen LogP contribution in [0.1, 0.15) is 11.1 Å². The van der Waals surface area contributed by atoms with Gasteiger partial charge < -0.3 is 14.7 Å². The minimum Gasteiger partial charge on any atom is -0.494 e. The lowest BCUT2D eigenvalue weighted by Gasteiger charge is -2.28. The molecule has 1 aliphatic heterocycles. The van der Waals surface area contributed by atoms with Crippen molar-refractivity contribution >= 4 is 28.4 Å². The number of aromatic hydroxyl groups is 1. The van der Waals surface area contributed by atoms with Gasteiger partial charge in [-0.25, -0.2) is 4.57 Å². The van der Waals surface area contributed by atoms with Crippen molar-refractivity contribution in [3.05, 3.63) is 94.3 Å². The van der Waals surface area contributed by atoms with Gasteiger partial charge >= 0.3 is 6.18 Å². The number of hydrogen-bond donors (Lipinski definition) is 1. The SMILES string of the molecule is O=c1c2ccccc2c(C=Nc2ccc(N3CCOCC3)cc2)c(O)n1-c1cccc(C(F)(F)F)c1. The molecule has 1 saturated heterocycles. The first-order valence-electron chi connectivity index (χ1n) is 11.3. The summed E-state index contributed by atoms with van der Waals surface area (Å²) in [6, 6.07) is 18.4. The van der Waals surface area contributed by atoms with Crippen molar-refractivity contribution in [3.63, 3.8) is 0 Å². The number of aliphatic imine (C=N–C) groups is 1. The Bertz CT molecular complexity index is 1490. The number of benzene rings is 3. The van der Waals surface area contributed by atoms with Crippen molar-refractivity contribution in [1.82, 2.24) is 4.57 Å². The molecule has 4 aromatic rings. The van der Waals surface area contributed by atoms with Gasteiger partial charge in [0.1, 0.15) is 0 Å². The third kappa shape index (κ3) is 4.57. The summed E-state index contributed by atoms with van der Waals surface area (Å²) in [6.45, 7) is 2.96. The minimum atomic E-state index is -4.59. The molecule has 6 nitrogen and oxygen atoms in total. The standard InChI is InChI=1S/C27H22F3N3O3/c28-27(29,30)18-4-3-5-21(16-18)33-25(34)23-7-2-1-6-22(23)24(26(33)35)17-31-19-8-10-20(11-9-19)32-12-14-36-15-13-32/h1-11,16-17,35H,12-15H2. The molecule has 0 saturated carbocycles. The van der Waals surface area contributed by atoms with Crippen LogP contribution >= 0.6 is 0 Å². The van der Waals surface area contributed by atoms with Gasteiger partial charge in [-0.15, -0.1) is 0 Å². The lowest BCUT2D eigenvalue weighted by atomic mass is 10.1. The third-order valence-electron chi connectivity index (χ3n) is 6.10. The molecule has 3 aromatic carbocycles. The average Bonchev–Trinajstić information content (AvgIpc) is 2.89. The highest BCUT2D eigenvalue weighted by Crippen LogP contribution is 2.32. The minimum absolute atomic E-state index is 0.0948. The summed E-state index contributed by atoms with van der Waals surface area (Å²) < 4.78 is 46.1. The van der Waals surface area contributed by atoms with Crippen LogP contribution in [0.25, 0.3) is 16.5 Å². The van der Waals surface area contributed by atoms with Crippen molar-refractivity contribution in [2.75, 3.05) is 31.2 Å². The summed E-state index contributed by atoms with van der Waals surface area (Å²) in [7, 11) is 0. The summed E-state index contributed by atoms with van der Waals surface area (Å²) in [5, 5.41) is 11.8. The van der Waals surface area contributed by atoms with Crippen molar-refractivity contribution in [2.45, 2.75) is 6.18 Å². The molecule has 1 aromatic heterocycles. The van der Waals surface area contributed by atoms with E-state index in [4.69, 9.17) is 4.74 Å². The predicted molar refractivity (Wildman–Crippen MR) is 133 cm³/mol. The largest absolute Gasteiger partial charge is 0.494 e. The van der Waals surface area contributed by atoms with E-state index in [1.807, 2.05) is 24.3 Å². The number of ether oxygens (including phenoxy) is 1. The van der Waals surface area contributed by atoms with Crippen LogP contribution < -0.4 is 10.5 Å². The second kappa shape index (κ2) is 9.50. The van der Waals surface area contributed by atoms with Crippen LogP contribution in [-0.2, 0) is 10.9 Å². The molecule has 0 amide bonds. The fourth-order valence-electron chi connectivity index (χ4n) is 4.26.